The van der Waals surface area contributed by atoms with Crippen molar-refractivity contribution in [3.63, 3.8) is 0 Å². The van der Waals surface area contributed by atoms with Crippen LogP contribution in [0.15, 0.2) is 42.5 Å². The summed E-state index contributed by atoms with van der Waals surface area (Å²) in [6, 6.07) is 13.1. The van der Waals surface area contributed by atoms with Crippen LogP contribution >= 0.6 is 11.6 Å². The maximum absolute atomic E-state index is 9.49. The monoisotopic (exact) mass is 218 g/mol. The molecule has 0 radical (unpaired) electrons. The van der Waals surface area contributed by atoms with E-state index in [4.69, 9.17) is 11.6 Å². The molecule has 0 aliphatic carbocycles. The lowest BCUT2D eigenvalue weighted by molar-refractivity contribution is 0.475. The van der Waals surface area contributed by atoms with Gasteiger partial charge in [-0.3, -0.25) is 0 Å². The first-order chi connectivity index (χ1) is 7.15. The Morgan fingerprint density at radius 3 is 2.47 bits per heavy atom. The van der Waals surface area contributed by atoms with Gasteiger partial charge in [0.2, 0.25) is 0 Å². The van der Waals surface area contributed by atoms with E-state index in [1.165, 1.54) is 0 Å². The highest BCUT2D eigenvalue weighted by Gasteiger charge is 2.01. The minimum atomic E-state index is 0.282. The predicted molar refractivity (Wildman–Crippen MR) is 63.3 cm³/mol. The van der Waals surface area contributed by atoms with E-state index in [1.807, 2.05) is 37.3 Å². The second-order valence-electron chi connectivity index (χ2n) is 3.57. The van der Waals surface area contributed by atoms with Crippen LogP contribution in [0.4, 0.5) is 0 Å². The Bertz CT molecular complexity index is 471. The van der Waals surface area contributed by atoms with Crippen molar-refractivity contribution in [2.24, 2.45) is 0 Å². The zero-order valence-corrected chi connectivity index (χ0v) is 9.12. The molecular formula is C13H11ClO. The van der Waals surface area contributed by atoms with Gasteiger partial charge in [0, 0.05) is 5.02 Å². The second kappa shape index (κ2) is 3.95. The number of rotatable bonds is 1. The summed E-state index contributed by atoms with van der Waals surface area (Å²) >= 11 is 5.91. The second-order valence-corrected chi connectivity index (χ2v) is 4.00. The Morgan fingerprint density at radius 1 is 1.00 bits per heavy atom. The van der Waals surface area contributed by atoms with Gasteiger partial charge in [0.25, 0.3) is 0 Å². The zero-order valence-electron chi connectivity index (χ0n) is 8.37. The van der Waals surface area contributed by atoms with Gasteiger partial charge in [-0.1, -0.05) is 29.8 Å². The molecule has 1 nitrogen and oxygen atoms in total. The van der Waals surface area contributed by atoms with Crippen LogP contribution in [0.1, 0.15) is 5.56 Å². The first-order valence-corrected chi connectivity index (χ1v) is 5.09. The first-order valence-electron chi connectivity index (χ1n) is 4.72. The highest BCUT2D eigenvalue weighted by Crippen LogP contribution is 2.26. The molecular weight excluding hydrogens is 208 g/mol. The van der Waals surface area contributed by atoms with Crippen molar-refractivity contribution in [3.05, 3.63) is 53.1 Å². The van der Waals surface area contributed by atoms with Gasteiger partial charge in [-0.2, -0.15) is 0 Å². The summed E-state index contributed by atoms with van der Waals surface area (Å²) in [5, 5.41) is 10.2. The first kappa shape index (κ1) is 10.1. The molecule has 0 saturated carbocycles. The molecule has 0 spiro atoms. The Balaban J connectivity index is 2.54. The summed E-state index contributed by atoms with van der Waals surface area (Å²) in [7, 11) is 0. The van der Waals surface area contributed by atoms with Gasteiger partial charge in [0.1, 0.15) is 5.75 Å². The highest BCUT2D eigenvalue weighted by atomic mass is 35.5. The molecule has 0 saturated heterocycles. The Kier molecular flexibility index (Phi) is 2.65. The van der Waals surface area contributed by atoms with Crippen molar-refractivity contribution < 1.29 is 5.11 Å². The van der Waals surface area contributed by atoms with Crippen LogP contribution in [0.2, 0.25) is 5.02 Å². The van der Waals surface area contributed by atoms with E-state index < -0.39 is 0 Å². The lowest BCUT2D eigenvalue weighted by atomic mass is 10.0. The molecule has 0 heterocycles. The molecule has 2 aromatic carbocycles. The summed E-state index contributed by atoms with van der Waals surface area (Å²) in [5.41, 5.74) is 3.03. The minimum absolute atomic E-state index is 0.282. The van der Waals surface area contributed by atoms with E-state index in [9.17, 15) is 5.11 Å². The van der Waals surface area contributed by atoms with Gasteiger partial charge in [0.05, 0.1) is 0 Å². The van der Waals surface area contributed by atoms with Crippen molar-refractivity contribution in [1.82, 2.24) is 0 Å². The van der Waals surface area contributed by atoms with Crippen LogP contribution in [-0.2, 0) is 0 Å². The lowest BCUT2D eigenvalue weighted by Crippen LogP contribution is -1.80. The Hall–Kier alpha value is -1.47. The number of aryl methyl sites for hydroxylation is 1. The third-order valence-corrected chi connectivity index (χ3v) is 2.46. The predicted octanol–water partition coefficient (Wildman–Crippen LogP) is 4.02. The van der Waals surface area contributed by atoms with Crippen LogP contribution in [0.3, 0.4) is 0 Å². The average Bonchev–Trinajstić information content (AvgIpc) is 2.16. The number of hydrogen-bond acceptors (Lipinski definition) is 1. The lowest BCUT2D eigenvalue weighted by Gasteiger charge is -2.04. The summed E-state index contributed by atoms with van der Waals surface area (Å²) in [5.74, 6) is 0.282. The van der Waals surface area contributed by atoms with Crippen molar-refractivity contribution >= 4 is 11.6 Å². The van der Waals surface area contributed by atoms with E-state index in [0.717, 1.165) is 16.7 Å². The van der Waals surface area contributed by atoms with E-state index in [-0.39, 0.29) is 5.75 Å². The normalized spacial score (nSPS) is 10.3. The quantitative estimate of drug-likeness (QED) is 0.767. The topological polar surface area (TPSA) is 20.2 Å². The SMILES string of the molecule is Cc1cc(O)cc(-c2cccc(Cl)c2)c1. The zero-order chi connectivity index (χ0) is 10.8. The summed E-state index contributed by atoms with van der Waals surface area (Å²) in [6.07, 6.45) is 0. The van der Waals surface area contributed by atoms with Crippen molar-refractivity contribution in [2.45, 2.75) is 6.92 Å². The summed E-state index contributed by atoms with van der Waals surface area (Å²) in [4.78, 5) is 0. The highest BCUT2D eigenvalue weighted by molar-refractivity contribution is 6.30. The molecule has 0 atom stereocenters. The number of phenolic OH excluding ortho intramolecular Hbond substituents is 1. The molecule has 76 valence electrons. The van der Waals surface area contributed by atoms with E-state index in [0.29, 0.717) is 5.02 Å². The molecule has 0 amide bonds. The molecule has 2 aromatic rings. The maximum Gasteiger partial charge on any atom is 0.116 e. The molecule has 0 unspecified atom stereocenters. The number of aromatic hydroxyl groups is 1. The third-order valence-electron chi connectivity index (χ3n) is 2.22. The molecule has 0 aliphatic rings. The number of hydrogen-bond donors (Lipinski definition) is 1. The molecule has 0 fully saturated rings. The van der Waals surface area contributed by atoms with Gasteiger partial charge < -0.3 is 5.11 Å². The Labute approximate surface area is 94.0 Å². The maximum atomic E-state index is 9.49. The van der Waals surface area contributed by atoms with Crippen LogP contribution in [0.25, 0.3) is 11.1 Å². The average molecular weight is 219 g/mol. The molecule has 2 heteroatoms. The van der Waals surface area contributed by atoms with Gasteiger partial charge in [-0.25, -0.2) is 0 Å². The van der Waals surface area contributed by atoms with Crippen molar-refractivity contribution in [1.29, 1.82) is 0 Å². The fraction of sp³-hybridized carbons (Fsp3) is 0.0769. The molecule has 1 N–H and O–H groups in total. The molecule has 0 aromatic heterocycles. The van der Waals surface area contributed by atoms with Crippen LogP contribution in [0, 0.1) is 6.92 Å². The van der Waals surface area contributed by atoms with Crippen LogP contribution in [-0.4, -0.2) is 5.11 Å². The fourth-order valence-electron chi connectivity index (χ4n) is 1.60. The number of halogens is 1. The standard InChI is InChI=1S/C13H11ClO/c1-9-5-11(8-13(15)6-9)10-3-2-4-12(14)7-10/h2-8,15H,1H3. The van der Waals surface area contributed by atoms with Crippen molar-refractivity contribution in [3.8, 4) is 16.9 Å². The van der Waals surface area contributed by atoms with Crippen LogP contribution < -0.4 is 0 Å². The Morgan fingerprint density at radius 2 is 1.80 bits per heavy atom. The van der Waals surface area contributed by atoms with E-state index in [1.54, 1.807) is 12.1 Å². The van der Waals surface area contributed by atoms with E-state index >= 15 is 0 Å². The van der Waals surface area contributed by atoms with Crippen LogP contribution in [0.5, 0.6) is 5.75 Å². The summed E-state index contributed by atoms with van der Waals surface area (Å²) in [6.45, 7) is 1.95. The largest absolute Gasteiger partial charge is 0.508 e. The molecule has 15 heavy (non-hydrogen) atoms. The van der Waals surface area contributed by atoms with E-state index in [2.05, 4.69) is 0 Å². The molecule has 0 bridgehead atoms. The fourth-order valence-corrected chi connectivity index (χ4v) is 1.79. The molecule has 2 rings (SSSR count). The van der Waals surface area contributed by atoms with Crippen molar-refractivity contribution in [2.75, 3.05) is 0 Å². The van der Waals surface area contributed by atoms with Gasteiger partial charge in [-0.05, 0) is 47.9 Å². The smallest absolute Gasteiger partial charge is 0.116 e. The third kappa shape index (κ3) is 2.31. The summed E-state index contributed by atoms with van der Waals surface area (Å²) < 4.78 is 0. The van der Waals surface area contributed by atoms with Gasteiger partial charge in [0.15, 0.2) is 0 Å². The number of phenols is 1. The number of benzene rings is 2. The molecule has 0 aliphatic heterocycles. The minimum Gasteiger partial charge on any atom is -0.508 e. The van der Waals surface area contributed by atoms with Gasteiger partial charge >= 0.3 is 0 Å². The van der Waals surface area contributed by atoms with Gasteiger partial charge in [-0.15, -0.1) is 0 Å².